The number of aromatic amines is 1. The van der Waals surface area contributed by atoms with Crippen LogP contribution in [-0.4, -0.2) is 26.3 Å². The molecule has 0 saturated carbocycles. The molecule has 0 amide bonds. The Hall–Kier alpha value is -1.69. The van der Waals surface area contributed by atoms with Crippen molar-refractivity contribution in [1.29, 1.82) is 0 Å². The SMILES string of the molecule is O=C(O)c1ncsc1-c1cn[nH]c1. The molecular formula is C7H5N3O2S. The van der Waals surface area contributed by atoms with E-state index in [1.165, 1.54) is 16.8 Å². The van der Waals surface area contributed by atoms with Crippen molar-refractivity contribution in [3.8, 4) is 10.4 Å². The van der Waals surface area contributed by atoms with Gasteiger partial charge in [-0.1, -0.05) is 0 Å². The standard InChI is InChI=1S/C7H5N3O2S/c11-7(12)5-6(13-3-8-5)4-1-9-10-2-4/h1-3H,(H,9,10)(H,11,12). The molecule has 0 spiro atoms. The monoisotopic (exact) mass is 195 g/mol. The second-order valence-electron chi connectivity index (χ2n) is 2.32. The molecule has 0 fully saturated rings. The maximum atomic E-state index is 10.7. The van der Waals surface area contributed by atoms with Crippen molar-refractivity contribution in [1.82, 2.24) is 15.2 Å². The van der Waals surface area contributed by atoms with Gasteiger partial charge in [0, 0.05) is 11.8 Å². The van der Waals surface area contributed by atoms with E-state index in [9.17, 15) is 4.79 Å². The summed E-state index contributed by atoms with van der Waals surface area (Å²) in [6.07, 6.45) is 3.21. The molecule has 66 valence electrons. The minimum atomic E-state index is -1.02. The summed E-state index contributed by atoms with van der Waals surface area (Å²) in [6.45, 7) is 0. The smallest absolute Gasteiger partial charge is 0.356 e. The molecule has 5 nitrogen and oxygen atoms in total. The van der Waals surface area contributed by atoms with Gasteiger partial charge in [-0.2, -0.15) is 5.10 Å². The number of hydrogen-bond donors (Lipinski definition) is 2. The molecule has 2 aromatic heterocycles. The van der Waals surface area contributed by atoms with Crippen LogP contribution in [0.15, 0.2) is 17.9 Å². The van der Waals surface area contributed by atoms with Crippen LogP contribution in [0.3, 0.4) is 0 Å². The van der Waals surface area contributed by atoms with Gasteiger partial charge < -0.3 is 5.11 Å². The number of carbonyl (C=O) groups is 1. The molecule has 0 bridgehead atoms. The first-order valence-corrected chi connectivity index (χ1v) is 4.33. The van der Waals surface area contributed by atoms with E-state index in [0.717, 1.165) is 5.56 Å². The number of thiazole rings is 1. The van der Waals surface area contributed by atoms with Gasteiger partial charge in [0.2, 0.25) is 0 Å². The van der Waals surface area contributed by atoms with E-state index in [2.05, 4.69) is 15.2 Å². The first-order chi connectivity index (χ1) is 6.29. The third-order valence-electron chi connectivity index (χ3n) is 1.53. The van der Waals surface area contributed by atoms with Crippen molar-refractivity contribution in [2.24, 2.45) is 0 Å². The molecule has 0 aliphatic rings. The molecule has 2 heterocycles. The van der Waals surface area contributed by atoms with Crippen molar-refractivity contribution in [3.05, 3.63) is 23.6 Å². The molecule has 13 heavy (non-hydrogen) atoms. The Morgan fingerprint density at radius 3 is 3.08 bits per heavy atom. The summed E-state index contributed by atoms with van der Waals surface area (Å²) in [6, 6.07) is 0. The topological polar surface area (TPSA) is 78.9 Å². The molecule has 2 N–H and O–H groups in total. The van der Waals surface area contributed by atoms with Crippen LogP contribution in [-0.2, 0) is 0 Å². The Morgan fingerprint density at radius 1 is 1.62 bits per heavy atom. The highest BCUT2D eigenvalue weighted by atomic mass is 32.1. The lowest BCUT2D eigenvalue weighted by molar-refractivity contribution is 0.0692. The summed E-state index contributed by atoms with van der Waals surface area (Å²) in [7, 11) is 0. The minimum Gasteiger partial charge on any atom is -0.476 e. The number of aromatic carboxylic acids is 1. The van der Waals surface area contributed by atoms with E-state index < -0.39 is 5.97 Å². The molecule has 0 aliphatic heterocycles. The first-order valence-electron chi connectivity index (χ1n) is 3.45. The van der Waals surface area contributed by atoms with Crippen LogP contribution < -0.4 is 0 Å². The fraction of sp³-hybridized carbons (Fsp3) is 0. The number of carboxylic acids is 1. The predicted molar refractivity (Wildman–Crippen MR) is 46.7 cm³/mol. The summed E-state index contributed by atoms with van der Waals surface area (Å²) in [4.78, 5) is 15.1. The largest absolute Gasteiger partial charge is 0.476 e. The fourth-order valence-electron chi connectivity index (χ4n) is 0.978. The maximum absolute atomic E-state index is 10.7. The van der Waals surface area contributed by atoms with Gasteiger partial charge >= 0.3 is 5.97 Å². The third-order valence-corrected chi connectivity index (χ3v) is 2.41. The number of rotatable bonds is 2. The van der Waals surface area contributed by atoms with E-state index in [4.69, 9.17) is 5.11 Å². The Balaban J connectivity index is 2.52. The normalized spacial score (nSPS) is 10.2. The van der Waals surface area contributed by atoms with Crippen molar-refractivity contribution in [2.75, 3.05) is 0 Å². The number of nitrogens with zero attached hydrogens (tertiary/aromatic N) is 2. The van der Waals surface area contributed by atoms with Gasteiger partial charge in [-0.15, -0.1) is 11.3 Å². The third kappa shape index (κ3) is 1.31. The van der Waals surface area contributed by atoms with Crippen LogP contribution in [0.4, 0.5) is 0 Å². The van der Waals surface area contributed by atoms with Gasteiger partial charge in [-0.05, 0) is 0 Å². The van der Waals surface area contributed by atoms with Gasteiger partial charge in [0.15, 0.2) is 5.69 Å². The Morgan fingerprint density at radius 2 is 2.46 bits per heavy atom. The summed E-state index contributed by atoms with van der Waals surface area (Å²) in [5, 5.41) is 15.1. The average Bonchev–Trinajstić information content (AvgIpc) is 2.74. The molecule has 0 atom stereocenters. The van der Waals surface area contributed by atoms with Crippen LogP contribution in [0.25, 0.3) is 10.4 Å². The summed E-state index contributed by atoms with van der Waals surface area (Å²) < 4.78 is 0. The van der Waals surface area contributed by atoms with Crippen LogP contribution in [0.2, 0.25) is 0 Å². The molecule has 0 saturated heterocycles. The molecule has 6 heteroatoms. The minimum absolute atomic E-state index is 0.0754. The van der Waals surface area contributed by atoms with Gasteiger partial charge in [0.25, 0.3) is 0 Å². The quantitative estimate of drug-likeness (QED) is 0.755. The van der Waals surface area contributed by atoms with Gasteiger partial charge in [-0.3, -0.25) is 5.10 Å². The highest BCUT2D eigenvalue weighted by molar-refractivity contribution is 7.13. The van der Waals surface area contributed by atoms with Crippen LogP contribution in [0.5, 0.6) is 0 Å². The average molecular weight is 195 g/mol. The molecule has 0 aromatic carbocycles. The predicted octanol–water partition coefficient (Wildman–Crippen LogP) is 1.23. The molecular weight excluding hydrogens is 190 g/mol. The summed E-state index contributed by atoms with van der Waals surface area (Å²) >= 11 is 1.28. The van der Waals surface area contributed by atoms with Crippen molar-refractivity contribution in [3.63, 3.8) is 0 Å². The lowest BCUT2D eigenvalue weighted by Gasteiger charge is -1.91. The maximum Gasteiger partial charge on any atom is 0.356 e. The van der Waals surface area contributed by atoms with Crippen molar-refractivity contribution < 1.29 is 9.90 Å². The zero-order chi connectivity index (χ0) is 9.26. The number of aromatic nitrogens is 3. The number of H-pyrrole nitrogens is 1. The molecule has 2 rings (SSSR count). The second-order valence-corrected chi connectivity index (χ2v) is 3.18. The van der Waals surface area contributed by atoms with E-state index in [1.54, 1.807) is 12.4 Å². The molecule has 2 aromatic rings. The highest BCUT2D eigenvalue weighted by Gasteiger charge is 2.15. The van der Waals surface area contributed by atoms with Crippen molar-refractivity contribution >= 4 is 17.3 Å². The molecule has 0 aliphatic carbocycles. The number of carboxylic acid groups (broad SMARTS) is 1. The Bertz CT molecular complexity index is 421. The lowest BCUT2D eigenvalue weighted by atomic mass is 10.2. The Labute approximate surface area is 77.1 Å². The van der Waals surface area contributed by atoms with Crippen LogP contribution in [0, 0.1) is 0 Å². The highest BCUT2D eigenvalue weighted by Crippen LogP contribution is 2.26. The van der Waals surface area contributed by atoms with E-state index in [0.29, 0.717) is 4.88 Å². The fourth-order valence-corrected chi connectivity index (χ4v) is 1.74. The molecule has 0 unspecified atom stereocenters. The number of hydrogen-bond acceptors (Lipinski definition) is 4. The number of nitrogens with one attached hydrogen (secondary N) is 1. The first kappa shape index (κ1) is 7.93. The zero-order valence-electron chi connectivity index (χ0n) is 6.39. The van der Waals surface area contributed by atoms with Gasteiger partial charge in [0.05, 0.1) is 16.6 Å². The van der Waals surface area contributed by atoms with Crippen molar-refractivity contribution in [2.45, 2.75) is 0 Å². The van der Waals surface area contributed by atoms with Crippen LogP contribution >= 0.6 is 11.3 Å². The Kier molecular flexibility index (Phi) is 1.82. The zero-order valence-corrected chi connectivity index (χ0v) is 7.21. The van der Waals surface area contributed by atoms with E-state index >= 15 is 0 Å². The summed E-state index contributed by atoms with van der Waals surface area (Å²) in [5.41, 5.74) is 2.33. The van der Waals surface area contributed by atoms with Crippen LogP contribution in [0.1, 0.15) is 10.5 Å². The summed E-state index contributed by atoms with van der Waals surface area (Å²) in [5.74, 6) is -1.02. The second kappa shape index (κ2) is 2.98. The van der Waals surface area contributed by atoms with E-state index in [-0.39, 0.29) is 5.69 Å². The van der Waals surface area contributed by atoms with E-state index in [1.807, 2.05) is 0 Å². The lowest BCUT2D eigenvalue weighted by Crippen LogP contribution is -1.97. The molecule has 0 radical (unpaired) electrons. The van der Waals surface area contributed by atoms with Gasteiger partial charge in [0.1, 0.15) is 0 Å². The van der Waals surface area contributed by atoms with Gasteiger partial charge in [-0.25, -0.2) is 9.78 Å².